The molecule has 1 aliphatic heterocycles. The zero-order chi connectivity index (χ0) is 21.6. The van der Waals surface area contributed by atoms with Gasteiger partial charge in [0.25, 0.3) is 0 Å². The molecule has 3 aromatic rings. The minimum Gasteiger partial charge on any atom is -0.497 e. The smallest absolute Gasteiger partial charge is 0.223 e. The molecule has 0 spiro atoms. The lowest BCUT2D eigenvalue weighted by atomic mass is 9.96. The monoisotopic (exact) mass is 420 g/mol. The number of anilines is 1. The largest absolute Gasteiger partial charge is 0.497 e. The summed E-state index contributed by atoms with van der Waals surface area (Å²) < 4.78 is 18.3. The highest BCUT2D eigenvalue weighted by Gasteiger charge is 2.25. The quantitative estimate of drug-likeness (QED) is 0.657. The molecule has 1 fully saturated rings. The fraction of sp³-hybridized carbons (Fsp3) is 0.292. The molecule has 160 valence electrons. The zero-order valence-corrected chi connectivity index (χ0v) is 17.4. The third kappa shape index (κ3) is 5.17. The molecule has 0 radical (unpaired) electrons. The van der Waals surface area contributed by atoms with Gasteiger partial charge in [0.05, 0.1) is 12.8 Å². The second-order valence-corrected chi connectivity index (χ2v) is 7.61. The molecule has 0 atom stereocenters. The molecule has 4 rings (SSSR count). The number of amides is 1. The lowest BCUT2D eigenvalue weighted by Crippen LogP contribution is -2.40. The van der Waals surface area contributed by atoms with Gasteiger partial charge in [0.2, 0.25) is 5.91 Å². The van der Waals surface area contributed by atoms with E-state index < -0.39 is 0 Å². The Morgan fingerprint density at radius 3 is 2.55 bits per heavy atom. The van der Waals surface area contributed by atoms with Crippen molar-refractivity contribution in [2.75, 3.05) is 25.1 Å². The summed E-state index contributed by atoms with van der Waals surface area (Å²) >= 11 is 0. The van der Waals surface area contributed by atoms with Crippen molar-refractivity contribution in [3.63, 3.8) is 0 Å². The van der Waals surface area contributed by atoms with Gasteiger partial charge in [0.1, 0.15) is 11.6 Å². The summed E-state index contributed by atoms with van der Waals surface area (Å²) in [4.78, 5) is 14.7. The molecule has 0 aliphatic carbocycles. The molecule has 31 heavy (non-hydrogen) atoms. The Labute approximate surface area is 181 Å². The molecule has 1 aromatic heterocycles. The molecule has 7 heteroatoms. The Hall–Kier alpha value is -3.48. The van der Waals surface area contributed by atoms with Crippen molar-refractivity contribution in [1.82, 2.24) is 15.5 Å². The van der Waals surface area contributed by atoms with Crippen LogP contribution in [-0.4, -0.2) is 36.3 Å². The third-order valence-electron chi connectivity index (χ3n) is 5.58. The SMILES string of the molecule is COc1cccc(CNC(=O)C2CCN(c3ccc(-c4ccc(F)cc4)nn3)CC2)c1. The summed E-state index contributed by atoms with van der Waals surface area (Å²) in [6, 6.07) is 17.7. The Morgan fingerprint density at radius 2 is 1.87 bits per heavy atom. The van der Waals surface area contributed by atoms with Gasteiger partial charge in [-0.2, -0.15) is 0 Å². The van der Waals surface area contributed by atoms with Crippen molar-refractivity contribution in [3.8, 4) is 17.0 Å². The van der Waals surface area contributed by atoms with Crippen LogP contribution in [0.1, 0.15) is 18.4 Å². The average molecular weight is 420 g/mol. The van der Waals surface area contributed by atoms with Crippen LogP contribution in [-0.2, 0) is 11.3 Å². The summed E-state index contributed by atoms with van der Waals surface area (Å²) in [5.74, 6) is 1.38. The molecule has 1 aliphatic rings. The molecule has 0 saturated carbocycles. The maximum absolute atomic E-state index is 13.1. The van der Waals surface area contributed by atoms with Crippen molar-refractivity contribution in [2.24, 2.45) is 5.92 Å². The Morgan fingerprint density at radius 1 is 1.10 bits per heavy atom. The van der Waals surface area contributed by atoms with Gasteiger partial charge in [-0.15, -0.1) is 10.2 Å². The maximum atomic E-state index is 13.1. The number of ether oxygens (including phenoxy) is 1. The van der Waals surface area contributed by atoms with E-state index in [1.54, 1.807) is 19.2 Å². The van der Waals surface area contributed by atoms with E-state index >= 15 is 0 Å². The zero-order valence-electron chi connectivity index (χ0n) is 17.4. The summed E-state index contributed by atoms with van der Waals surface area (Å²) in [6.07, 6.45) is 1.54. The van der Waals surface area contributed by atoms with Crippen LogP contribution in [0.25, 0.3) is 11.3 Å². The number of hydrogen-bond acceptors (Lipinski definition) is 5. The van der Waals surface area contributed by atoms with Crippen molar-refractivity contribution in [3.05, 3.63) is 72.0 Å². The standard InChI is InChI=1S/C24H25FN4O2/c1-31-21-4-2-3-17(15-21)16-26-24(30)19-11-13-29(14-12-19)23-10-9-22(27-28-23)18-5-7-20(25)8-6-18/h2-10,15,19H,11-14,16H2,1H3,(H,26,30). The van der Waals surface area contributed by atoms with E-state index in [0.717, 1.165) is 48.6 Å². The molecule has 2 aromatic carbocycles. The van der Waals surface area contributed by atoms with Gasteiger partial charge in [-0.3, -0.25) is 4.79 Å². The number of methoxy groups -OCH3 is 1. The number of rotatable bonds is 6. The predicted octanol–water partition coefficient (Wildman–Crippen LogP) is 3.82. The van der Waals surface area contributed by atoms with E-state index in [4.69, 9.17) is 4.74 Å². The topological polar surface area (TPSA) is 67.3 Å². The van der Waals surface area contributed by atoms with Crippen LogP contribution in [0.5, 0.6) is 5.75 Å². The van der Waals surface area contributed by atoms with E-state index in [2.05, 4.69) is 20.4 Å². The van der Waals surface area contributed by atoms with Gasteiger partial charge in [-0.05, 0) is 66.9 Å². The van der Waals surface area contributed by atoms with Crippen molar-refractivity contribution < 1.29 is 13.9 Å². The summed E-state index contributed by atoms with van der Waals surface area (Å²) in [7, 11) is 1.63. The highest BCUT2D eigenvalue weighted by atomic mass is 19.1. The number of nitrogens with one attached hydrogen (secondary N) is 1. The van der Waals surface area contributed by atoms with E-state index in [9.17, 15) is 9.18 Å². The number of carbonyl (C=O) groups excluding carboxylic acids is 1. The first-order valence-electron chi connectivity index (χ1n) is 10.4. The van der Waals surface area contributed by atoms with Gasteiger partial charge >= 0.3 is 0 Å². The minimum atomic E-state index is -0.274. The molecule has 0 unspecified atom stereocenters. The number of halogens is 1. The van der Waals surface area contributed by atoms with Gasteiger partial charge in [0.15, 0.2) is 5.82 Å². The molecule has 1 N–H and O–H groups in total. The summed E-state index contributed by atoms with van der Waals surface area (Å²) in [5.41, 5.74) is 2.55. The molecular weight excluding hydrogens is 395 g/mol. The molecule has 1 amide bonds. The van der Waals surface area contributed by atoms with E-state index in [0.29, 0.717) is 12.2 Å². The van der Waals surface area contributed by atoms with Gasteiger partial charge in [-0.1, -0.05) is 12.1 Å². The second-order valence-electron chi connectivity index (χ2n) is 7.61. The molecular formula is C24H25FN4O2. The minimum absolute atomic E-state index is 0.00620. The first-order chi connectivity index (χ1) is 15.1. The van der Waals surface area contributed by atoms with Crippen LogP contribution in [0.3, 0.4) is 0 Å². The Balaban J connectivity index is 1.28. The number of benzene rings is 2. The van der Waals surface area contributed by atoms with Crippen LogP contribution < -0.4 is 15.0 Å². The van der Waals surface area contributed by atoms with Crippen molar-refractivity contribution >= 4 is 11.7 Å². The molecule has 2 heterocycles. The first-order valence-corrected chi connectivity index (χ1v) is 10.4. The van der Waals surface area contributed by atoms with Crippen LogP contribution in [0, 0.1) is 11.7 Å². The van der Waals surface area contributed by atoms with E-state index in [1.165, 1.54) is 12.1 Å². The normalized spacial score (nSPS) is 14.3. The second kappa shape index (κ2) is 9.55. The van der Waals surface area contributed by atoms with Gasteiger partial charge < -0.3 is 15.0 Å². The van der Waals surface area contributed by atoms with Crippen LogP contribution in [0.2, 0.25) is 0 Å². The number of nitrogens with zero attached hydrogens (tertiary/aromatic N) is 3. The first kappa shape index (κ1) is 20.8. The lowest BCUT2D eigenvalue weighted by molar-refractivity contribution is -0.125. The Bertz CT molecular complexity index is 1020. The lowest BCUT2D eigenvalue weighted by Gasteiger charge is -2.31. The summed E-state index contributed by atoms with van der Waals surface area (Å²) in [5, 5.41) is 11.7. The number of piperidine rings is 1. The fourth-order valence-corrected chi connectivity index (χ4v) is 3.76. The molecule has 0 bridgehead atoms. The fourth-order valence-electron chi connectivity index (χ4n) is 3.76. The number of aromatic nitrogens is 2. The van der Waals surface area contributed by atoms with Crippen molar-refractivity contribution in [1.29, 1.82) is 0 Å². The highest BCUT2D eigenvalue weighted by Crippen LogP contribution is 2.24. The third-order valence-corrected chi connectivity index (χ3v) is 5.58. The van der Waals surface area contributed by atoms with Crippen LogP contribution in [0.15, 0.2) is 60.7 Å². The van der Waals surface area contributed by atoms with Crippen LogP contribution in [0.4, 0.5) is 10.2 Å². The molecule has 1 saturated heterocycles. The van der Waals surface area contributed by atoms with E-state index in [1.807, 2.05) is 36.4 Å². The number of hydrogen-bond donors (Lipinski definition) is 1. The molecule has 6 nitrogen and oxygen atoms in total. The summed E-state index contributed by atoms with van der Waals surface area (Å²) in [6.45, 7) is 2.00. The number of carbonyl (C=O) groups is 1. The van der Waals surface area contributed by atoms with E-state index in [-0.39, 0.29) is 17.6 Å². The maximum Gasteiger partial charge on any atom is 0.223 e. The highest BCUT2D eigenvalue weighted by molar-refractivity contribution is 5.79. The Kier molecular flexibility index (Phi) is 6.40. The van der Waals surface area contributed by atoms with Crippen molar-refractivity contribution in [2.45, 2.75) is 19.4 Å². The van der Waals surface area contributed by atoms with Gasteiger partial charge in [0, 0.05) is 31.1 Å². The van der Waals surface area contributed by atoms with Gasteiger partial charge in [-0.25, -0.2) is 4.39 Å². The predicted molar refractivity (Wildman–Crippen MR) is 117 cm³/mol. The van der Waals surface area contributed by atoms with Crippen LogP contribution >= 0.6 is 0 Å². The average Bonchev–Trinajstić information content (AvgIpc) is 2.83.